The van der Waals surface area contributed by atoms with Crippen molar-refractivity contribution in [3.05, 3.63) is 65.1 Å². The quantitative estimate of drug-likeness (QED) is 0.377. The Bertz CT molecular complexity index is 524. The molecular weight excluding hydrogens is 216 g/mol. The number of rotatable bonds is 3. The summed E-state index contributed by atoms with van der Waals surface area (Å²) in [7, 11) is 0. The van der Waals surface area contributed by atoms with Gasteiger partial charge in [0.2, 0.25) is 11.9 Å². The molecule has 0 unspecified atom stereocenters. The summed E-state index contributed by atoms with van der Waals surface area (Å²) in [6, 6.07) is 12.2. The molecule has 0 radical (unpaired) electrons. The minimum atomic E-state index is -0.0781. The summed E-state index contributed by atoms with van der Waals surface area (Å²) in [5, 5.41) is 20.8. The Kier molecular flexibility index (Phi) is 3.47. The van der Waals surface area contributed by atoms with Crippen molar-refractivity contribution < 1.29 is 9.85 Å². The molecule has 0 saturated heterocycles. The SMILES string of the molecule is [O-][N+](=Cc1ccccn1)c1cccc(CO)c1. The lowest BCUT2D eigenvalue weighted by Gasteiger charge is -2.03. The van der Waals surface area contributed by atoms with Crippen molar-refractivity contribution in [3.63, 3.8) is 0 Å². The molecule has 0 fully saturated rings. The second-order valence-corrected chi connectivity index (χ2v) is 3.54. The van der Waals surface area contributed by atoms with Crippen LogP contribution in [0.1, 0.15) is 11.3 Å². The maximum atomic E-state index is 11.8. The van der Waals surface area contributed by atoms with Crippen LogP contribution in [0.15, 0.2) is 48.7 Å². The molecule has 0 aliphatic carbocycles. The first-order valence-electron chi connectivity index (χ1n) is 5.21. The van der Waals surface area contributed by atoms with Crippen LogP contribution in [0.25, 0.3) is 0 Å². The Morgan fingerprint density at radius 1 is 1.24 bits per heavy atom. The lowest BCUT2D eigenvalue weighted by atomic mass is 10.2. The van der Waals surface area contributed by atoms with Crippen molar-refractivity contribution >= 4 is 11.9 Å². The summed E-state index contributed by atoms with van der Waals surface area (Å²) in [4.78, 5) is 4.04. The number of aliphatic hydroxyl groups excluding tert-OH is 1. The predicted octanol–water partition coefficient (Wildman–Crippen LogP) is 1.83. The van der Waals surface area contributed by atoms with E-state index < -0.39 is 0 Å². The third kappa shape index (κ3) is 2.89. The highest BCUT2D eigenvalue weighted by molar-refractivity contribution is 5.73. The van der Waals surface area contributed by atoms with Gasteiger partial charge in [0.1, 0.15) is 5.69 Å². The van der Waals surface area contributed by atoms with Crippen molar-refractivity contribution in [2.24, 2.45) is 0 Å². The maximum Gasteiger partial charge on any atom is 0.216 e. The van der Waals surface area contributed by atoms with E-state index in [0.717, 1.165) is 4.74 Å². The number of hydrogen-bond donors (Lipinski definition) is 1. The second-order valence-electron chi connectivity index (χ2n) is 3.54. The first-order chi connectivity index (χ1) is 8.29. The van der Waals surface area contributed by atoms with Gasteiger partial charge in [-0.2, -0.15) is 4.74 Å². The first kappa shape index (κ1) is 11.3. The van der Waals surface area contributed by atoms with E-state index in [2.05, 4.69) is 4.98 Å². The first-order valence-corrected chi connectivity index (χ1v) is 5.21. The van der Waals surface area contributed by atoms with Gasteiger partial charge in [0.25, 0.3) is 0 Å². The molecule has 86 valence electrons. The number of aromatic nitrogens is 1. The highest BCUT2D eigenvalue weighted by atomic mass is 16.5. The largest absolute Gasteiger partial charge is 0.618 e. The Hall–Kier alpha value is -2.20. The smallest absolute Gasteiger partial charge is 0.216 e. The monoisotopic (exact) mass is 228 g/mol. The molecule has 0 aliphatic heterocycles. The van der Waals surface area contributed by atoms with E-state index in [9.17, 15) is 5.21 Å². The molecule has 1 heterocycles. The van der Waals surface area contributed by atoms with Crippen LogP contribution in [0, 0.1) is 5.21 Å². The fraction of sp³-hybridized carbons (Fsp3) is 0.0769. The molecule has 1 aromatic heterocycles. The molecule has 0 amide bonds. The number of hydrogen-bond acceptors (Lipinski definition) is 3. The van der Waals surface area contributed by atoms with E-state index in [0.29, 0.717) is 16.9 Å². The lowest BCUT2D eigenvalue weighted by molar-refractivity contribution is -0.354. The van der Waals surface area contributed by atoms with Gasteiger partial charge >= 0.3 is 0 Å². The van der Waals surface area contributed by atoms with Gasteiger partial charge in [0.05, 0.1) is 6.61 Å². The lowest BCUT2D eigenvalue weighted by Crippen LogP contribution is -2.00. The highest BCUT2D eigenvalue weighted by Gasteiger charge is 2.03. The topological polar surface area (TPSA) is 59.2 Å². The maximum absolute atomic E-state index is 11.8. The van der Waals surface area contributed by atoms with Crippen molar-refractivity contribution in [1.29, 1.82) is 0 Å². The Balaban J connectivity index is 2.30. The standard InChI is InChI=1S/C13H12N2O2/c16-10-11-4-3-6-13(8-11)15(17)9-12-5-1-2-7-14-12/h1-9,16H,10H2. The summed E-state index contributed by atoms with van der Waals surface area (Å²) < 4.78 is 0.738. The summed E-state index contributed by atoms with van der Waals surface area (Å²) >= 11 is 0. The highest BCUT2D eigenvalue weighted by Crippen LogP contribution is 2.13. The minimum absolute atomic E-state index is 0.0781. The Morgan fingerprint density at radius 3 is 2.82 bits per heavy atom. The molecule has 0 atom stereocenters. The number of pyridine rings is 1. The van der Waals surface area contributed by atoms with Crippen LogP contribution in [0.3, 0.4) is 0 Å². The summed E-state index contributed by atoms with van der Waals surface area (Å²) in [5.41, 5.74) is 1.77. The fourth-order valence-electron chi connectivity index (χ4n) is 1.44. The fourth-order valence-corrected chi connectivity index (χ4v) is 1.44. The van der Waals surface area contributed by atoms with E-state index in [4.69, 9.17) is 5.11 Å². The molecule has 4 heteroatoms. The molecular formula is C13H12N2O2. The normalized spacial score (nSPS) is 11.5. The zero-order chi connectivity index (χ0) is 12.1. The van der Waals surface area contributed by atoms with Gasteiger partial charge in [-0.1, -0.05) is 18.2 Å². The van der Waals surface area contributed by atoms with Crippen molar-refractivity contribution in [2.45, 2.75) is 6.61 Å². The molecule has 1 N–H and O–H groups in total. The van der Waals surface area contributed by atoms with Gasteiger partial charge in [-0.25, -0.2) is 0 Å². The van der Waals surface area contributed by atoms with Crippen LogP contribution in [0.5, 0.6) is 0 Å². The predicted molar refractivity (Wildman–Crippen MR) is 65.1 cm³/mol. The molecule has 2 rings (SSSR count). The van der Waals surface area contributed by atoms with Gasteiger partial charge in [0, 0.05) is 18.3 Å². The third-order valence-corrected chi connectivity index (χ3v) is 2.28. The van der Waals surface area contributed by atoms with Gasteiger partial charge < -0.3 is 10.3 Å². The number of nitrogens with zero attached hydrogens (tertiary/aromatic N) is 2. The zero-order valence-electron chi connectivity index (χ0n) is 9.15. The average molecular weight is 228 g/mol. The van der Waals surface area contributed by atoms with E-state index in [1.165, 1.54) is 6.21 Å². The van der Waals surface area contributed by atoms with Crippen molar-refractivity contribution in [1.82, 2.24) is 4.98 Å². The van der Waals surface area contributed by atoms with Crippen LogP contribution >= 0.6 is 0 Å². The van der Waals surface area contributed by atoms with Crippen LogP contribution in [0.2, 0.25) is 0 Å². The molecule has 4 nitrogen and oxygen atoms in total. The third-order valence-electron chi connectivity index (χ3n) is 2.28. The van der Waals surface area contributed by atoms with Crippen LogP contribution in [0.4, 0.5) is 5.69 Å². The molecule has 17 heavy (non-hydrogen) atoms. The van der Waals surface area contributed by atoms with Crippen LogP contribution in [-0.2, 0) is 6.61 Å². The number of benzene rings is 1. The molecule has 0 aliphatic rings. The van der Waals surface area contributed by atoms with Crippen molar-refractivity contribution in [3.8, 4) is 0 Å². The number of aliphatic hydroxyl groups is 1. The second kappa shape index (κ2) is 5.23. The van der Waals surface area contributed by atoms with Crippen LogP contribution in [-0.4, -0.2) is 21.0 Å². The molecule has 0 spiro atoms. The molecule has 2 aromatic rings. The van der Waals surface area contributed by atoms with Gasteiger partial charge in [-0.05, 0) is 17.7 Å². The molecule has 0 saturated carbocycles. The van der Waals surface area contributed by atoms with E-state index in [1.807, 2.05) is 6.07 Å². The van der Waals surface area contributed by atoms with Crippen molar-refractivity contribution in [2.75, 3.05) is 0 Å². The van der Waals surface area contributed by atoms with E-state index in [1.54, 1.807) is 42.6 Å². The van der Waals surface area contributed by atoms with E-state index in [-0.39, 0.29) is 6.61 Å². The van der Waals surface area contributed by atoms with Crippen LogP contribution < -0.4 is 0 Å². The van der Waals surface area contributed by atoms with Gasteiger partial charge in [0.15, 0.2) is 0 Å². The van der Waals surface area contributed by atoms with E-state index >= 15 is 0 Å². The van der Waals surface area contributed by atoms with Gasteiger partial charge in [-0.3, -0.25) is 4.98 Å². The molecule has 0 bridgehead atoms. The Labute approximate surface area is 99.1 Å². The molecule has 1 aromatic carbocycles. The zero-order valence-corrected chi connectivity index (χ0v) is 9.15. The summed E-state index contributed by atoms with van der Waals surface area (Å²) in [6.07, 6.45) is 3.03. The summed E-state index contributed by atoms with van der Waals surface area (Å²) in [6.45, 7) is -0.0781. The average Bonchev–Trinajstić information content (AvgIpc) is 2.40. The summed E-state index contributed by atoms with van der Waals surface area (Å²) in [5.74, 6) is 0. The minimum Gasteiger partial charge on any atom is -0.618 e. The Morgan fingerprint density at radius 2 is 2.12 bits per heavy atom. The van der Waals surface area contributed by atoms with Gasteiger partial charge in [-0.15, -0.1) is 0 Å².